The van der Waals surface area contributed by atoms with Crippen LogP contribution in [0.3, 0.4) is 0 Å². The second-order valence-electron chi connectivity index (χ2n) is 8.66. The summed E-state index contributed by atoms with van der Waals surface area (Å²) in [5.74, 6) is 0.581. The first-order valence-electron chi connectivity index (χ1n) is 11.8. The van der Waals surface area contributed by atoms with Gasteiger partial charge < -0.3 is 15.0 Å². The van der Waals surface area contributed by atoms with E-state index in [9.17, 15) is 4.79 Å². The molecule has 1 amide bonds. The number of carbonyl (C=O) groups excluding carboxylic acids is 1. The molecule has 2 aromatic rings. The maximum Gasteiger partial charge on any atom is 0.255 e. The van der Waals surface area contributed by atoms with Crippen LogP contribution in [0.25, 0.3) is 0 Å². The van der Waals surface area contributed by atoms with Gasteiger partial charge in [-0.15, -0.1) is 0 Å². The van der Waals surface area contributed by atoms with Crippen LogP contribution >= 0.6 is 0 Å². The van der Waals surface area contributed by atoms with E-state index in [4.69, 9.17) is 4.74 Å². The smallest absolute Gasteiger partial charge is 0.255 e. The Bertz CT molecular complexity index is 892. The Hall–Kier alpha value is -2.53. The van der Waals surface area contributed by atoms with E-state index in [0.29, 0.717) is 24.5 Å². The second-order valence-corrected chi connectivity index (χ2v) is 8.66. The number of nitrogens with one attached hydrogen (secondary N) is 1. The lowest BCUT2D eigenvalue weighted by atomic mass is 9.95. The quantitative estimate of drug-likeness (QED) is 0.719. The molecule has 166 valence electrons. The molecule has 0 saturated carbocycles. The molecule has 2 aromatic carbocycles. The Labute approximate surface area is 186 Å². The number of aryl methyl sites for hydroxylation is 1. The van der Waals surface area contributed by atoms with Crippen molar-refractivity contribution in [3.63, 3.8) is 0 Å². The van der Waals surface area contributed by atoms with Crippen LogP contribution in [-0.4, -0.2) is 50.6 Å². The zero-order valence-corrected chi connectivity index (χ0v) is 18.9. The number of likely N-dealkylation sites (tertiary alicyclic amines) is 1. The lowest BCUT2D eigenvalue weighted by molar-refractivity contribution is 0.0920. The molecule has 0 bridgehead atoms. The number of anilines is 1. The fourth-order valence-corrected chi connectivity index (χ4v) is 4.92. The summed E-state index contributed by atoms with van der Waals surface area (Å²) in [7, 11) is 2.18. The minimum absolute atomic E-state index is 0.0660. The van der Waals surface area contributed by atoms with Gasteiger partial charge >= 0.3 is 0 Å². The first-order valence-corrected chi connectivity index (χ1v) is 11.8. The summed E-state index contributed by atoms with van der Waals surface area (Å²) in [6.07, 6.45) is 6.09. The van der Waals surface area contributed by atoms with Crippen molar-refractivity contribution < 1.29 is 9.53 Å². The molecule has 0 aromatic heterocycles. The average Bonchev–Trinajstić information content (AvgIpc) is 2.80. The number of nitrogens with zero attached hydrogens (tertiary/aromatic N) is 2. The van der Waals surface area contributed by atoms with Gasteiger partial charge in [-0.05, 0) is 75.0 Å². The van der Waals surface area contributed by atoms with Gasteiger partial charge in [0.15, 0.2) is 0 Å². The van der Waals surface area contributed by atoms with E-state index in [0.717, 1.165) is 26.1 Å². The molecule has 0 radical (unpaired) electrons. The number of benzene rings is 2. The fraction of sp³-hybridized carbons (Fsp3) is 0.500. The van der Waals surface area contributed by atoms with E-state index < -0.39 is 0 Å². The minimum Gasteiger partial charge on any atom is -0.493 e. The minimum atomic E-state index is -0.0660. The summed E-state index contributed by atoms with van der Waals surface area (Å²) in [6.45, 7) is 6.39. The molecule has 5 heteroatoms. The van der Waals surface area contributed by atoms with Crippen LogP contribution in [0.1, 0.15) is 60.1 Å². The monoisotopic (exact) mass is 421 g/mol. The Morgan fingerprint density at radius 1 is 1.06 bits per heavy atom. The van der Waals surface area contributed by atoms with Gasteiger partial charge in [-0.2, -0.15) is 0 Å². The zero-order chi connectivity index (χ0) is 21.6. The van der Waals surface area contributed by atoms with Crippen LogP contribution in [0.15, 0.2) is 42.5 Å². The van der Waals surface area contributed by atoms with Crippen LogP contribution < -0.4 is 15.0 Å². The lowest BCUT2D eigenvalue weighted by Gasteiger charge is -2.36. The van der Waals surface area contributed by atoms with E-state index in [-0.39, 0.29) is 11.9 Å². The van der Waals surface area contributed by atoms with Gasteiger partial charge in [0.2, 0.25) is 0 Å². The standard InChI is InChI=1S/C26H35N3O2/c1-3-31-25-12-6-5-11-22(25)26(30)27-19-24(29-16-7-4-8-17-29)21-13-14-23-20(18-21)10-9-15-28(23)2/h5-6,11-14,18,24H,3-4,7-10,15-17,19H2,1-2H3,(H,27,30). The third kappa shape index (κ3) is 5.04. The van der Waals surface area contributed by atoms with E-state index >= 15 is 0 Å². The topological polar surface area (TPSA) is 44.8 Å². The number of carbonyl (C=O) groups is 1. The third-order valence-corrected chi connectivity index (χ3v) is 6.56. The van der Waals surface area contributed by atoms with Gasteiger partial charge in [0, 0.05) is 25.8 Å². The van der Waals surface area contributed by atoms with Crippen molar-refractivity contribution in [2.24, 2.45) is 0 Å². The van der Waals surface area contributed by atoms with Gasteiger partial charge in [-0.1, -0.05) is 30.7 Å². The fourth-order valence-electron chi connectivity index (χ4n) is 4.92. The molecule has 1 unspecified atom stereocenters. The third-order valence-electron chi connectivity index (χ3n) is 6.56. The van der Waals surface area contributed by atoms with Gasteiger partial charge in [-0.3, -0.25) is 9.69 Å². The molecule has 1 fully saturated rings. The van der Waals surface area contributed by atoms with Crippen LogP contribution in [0, 0.1) is 0 Å². The van der Waals surface area contributed by atoms with E-state index in [1.54, 1.807) is 0 Å². The van der Waals surface area contributed by atoms with Crippen LogP contribution in [0.4, 0.5) is 5.69 Å². The number of para-hydroxylation sites is 1. The number of hydrogen-bond acceptors (Lipinski definition) is 4. The van der Waals surface area contributed by atoms with Gasteiger partial charge in [0.25, 0.3) is 5.91 Å². The summed E-state index contributed by atoms with van der Waals surface area (Å²) in [4.78, 5) is 17.9. The highest BCUT2D eigenvalue weighted by Gasteiger charge is 2.25. The molecule has 5 nitrogen and oxygen atoms in total. The van der Waals surface area contributed by atoms with Crippen molar-refractivity contribution in [2.45, 2.75) is 45.1 Å². The van der Waals surface area contributed by atoms with Crippen molar-refractivity contribution in [2.75, 3.05) is 44.7 Å². The van der Waals surface area contributed by atoms with E-state index in [1.165, 1.54) is 42.5 Å². The van der Waals surface area contributed by atoms with Gasteiger partial charge in [0.05, 0.1) is 18.2 Å². The second kappa shape index (κ2) is 10.2. The summed E-state index contributed by atoms with van der Waals surface area (Å²) >= 11 is 0. The largest absolute Gasteiger partial charge is 0.493 e. The molecule has 1 saturated heterocycles. The first-order chi connectivity index (χ1) is 15.2. The van der Waals surface area contributed by atoms with Crippen LogP contribution in [0.2, 0.25) is 0 Å². The summed E-state index contributed by atoms with van der Waals surface area (Å²) < 4.78 is 5.66. The lowest BCUT2D eigenvalue weighted by Crippen LogP contribution is -2.40. The molecule has 0 aliphatic carbocycles. The number of piperidine rings is 1. The number of hydrogen-bond donors (Lipinski definition) is 1. The summed E-state index contributed by atoms with van der Waals surface area (Å²) in [5.41, 5.74) is 4.70. The van der Waals surface area contributed by atoms with Gasteiger partial charge in [-0.25, -0.2) is 0 Å². The molecule has 4 rings (SSSR count). The van der Waals surface area contributed by atoms with Crippen molar-refractivity contribution in [1.29, 1.82) is 0 Å². The van der Waals surface area contributed by atoms with E-state index in [1.807, 2.05) is 31.2 Å². The highest BCUT2D eigenvalue weighted by molar-refractivity contribution is 5.96. The molecule has 2 aliphatic heterocycles. The molecule has 2 aliphatic rings. The average molecular weight is 422 g/mol. The highest BCUT2D eigenvalue weighted by atomic mass is 16.5. The van der Waals surface area contributed by atoms with Crippen molar-refractivity contribution in [3.05, 3.63) is 59.2 Å². The zero-order valence-electron chi connectivity index (χ0n) is 18.9. The Kier molecular flexibility index (Phi) is 7.13. The molecule has 31 heavy (non-hydrogen) atoms. The predicted molar refractivity (Wildman–Crippen MR) is 126 cm³/mol. The Morgan fingerprint density at radius 2 is 1.87 bits per heavy atom. The normalized spacial score (nSPS) is 17.7. The maximum atomic E-state index is 13.0. The molecule has 0 spiro atoms. The van der Waals surface area contributed by atoms with Crippen molar-refractivity contribution in [3.8, 4) is 5.75 Å². The predicted octanol–water partition coefficient (Wildman–Crippen LogP) is 4.42. The molecule has 1 N–H and O–H groups in total. The van der Waals surface area contributed by atoms with Crippen molar-refractivity contribution in [1.82, 2.24) is 10.2 Å². The van der Waals surface area contributed by atoms with Crippen LogP contribution in [0.5, 0.6) is 5.75 Å². The van der Waals surface area contributed by atoms with Crippen LogP contribution in [-0.2, 0) is 6.42 Å². The molecule has 1 atom stereocenters. The maximum absolute atomic E-state index is 13.0. The van der Waals surface area contributed by atoms with Gasteiger partial charge in [0.1, 0.15) is 5.75 Å². The number of fused-ring (bicyclic) bond motifs is 1. The summed E-state index contributed by atoms with van der Waals surface area (Å²) in [5, 5.41) is 3.21. The Balaban J connectivity index is 1.54. The SMILES string of the molecule is CCOc1ccccc1C(=O)NCC(c1ccc2c(c1)CCCN2C)N1CCCCC1. The molecular weight excluding hydrogens is 386 g/mol. The van der Waals surface area contributed by atoms with E-state index in [2.05, 4.69) is 40.4 Å². The summed E-state index contributed by atoms with van der Waals surface area (Å²) in [6, 6.07) is 14.6. The number of ether oxygens (including phenoxy) is 1. The molecule has 2 heterocycles. The molecular formula is C26H35N3O2. The van der Waals surface area contributed by atoms with Crippen molar-refractivity contribution >= 4 is 11.6 Å². The number of rotatable bonds is 7. The first kappa shape index (κ1) is 21.7. The number of amides is 1. The Morgan fingerprint density at radius 3 is 2.68 bits per heavy atom. The highest BCUT2D eigenvalue weighted by Crippen LogP contribution is 2.32.